The molecule has 0 saturated heterocycles. The van der Waals surface area contributed by atoms with Crippen molar-refractivity contribution in [1.29, 1.82) is 0 Å². The lowest BCUT2D eigenvalue weighted by Crippen LogP contribution is -2.07. The molecule has 0 aliphatic carbocycles. The number of nitrogens with zero attached hydrogens (tertiary/aromatic N) is 3. The van der Waals surface area contributed by atoms with Crippen LogP contribution >= 0.6 is 15.9 Å². The number of hydrogen-bond donors (Lipinski definition) is 2. The monoisotopic (exact) mass is 298 g/mol. The molecule has 0 fully saturated rings. The molecule has 7 nitrogen and oxygen atoms in total. The van der Waals surface area contributed by atoms with Crippen LogP contribution in [0.3, 0.4) is 0 Å². The maximum atomic E-state index is 10.4. The Morgan fingerprint density at radius 1 is 1.47 bits per heavy atom. The molecule has 0 saturated carbocycles. The first kappa shape index (κ1) is 12.4. The summed E-state index contributed by atoms with van der Waals surface area (Å²) < 4.78 is 31.3. The SMILES string of the molecule is Nc1nc(Br)n(CCCCS(=O)(=O)O)n1. The summed E-state index contributed by atoms with van der Waals surface area (Å²) in [6.45, 7) is 0.500. The van der Waals surface area contributed by atoms with Crippen LogP contribution < -0.4 is 5.73 Å². The lowest BCUT2D eigenvalue weighted by molar-refractivity contribution is 0.476. The molecule has 0 unspecified atom stereocenters. The van der Waals surface area contributed by atoms with Gasteiger partial charge in [0.05, 0.1) is 5.75 Å². The largest absolute Gasteiger partial charge is 0.366 e. The Labute approximate surface area is 95.6 Å². The zero-order valence-electron chi connectivity index (χ0n) is 7.80. The maximum Gasteiger partial charge on any atom is 0.264 e. The Kier molecular flexibility index (Phi) is 4.05. The highest BCUT2D eigenvalue weighted by atomic mass is 79.9. The van der Waals surface area contributed by atoms with Crippen molar-refractivity contribution in [2.45, 2.75) is 19.4 Å². The van der Waals surface area contributed by atoms with E-state index in [-0.39, 0.29) is 11.7 Å². The van der Waals surface area contributed by atoms with E-state index in [4.69, 9.17) is 10.3 Å². The average molecular weight is 299 g/mol. The van der Waals surface area contributed by atoms with E-state index in [1.807, 2.05) is 0 Å². The number of anilines is 1. The van der Waals surface area contributed by atoms with Crippen LogP contribution in [0.5, 0.6) is 0 Å². The van der Waals surface area contributed by atoms with Gasteiger partial charge in [0.25, 0.3) is 10.1 Å². The number of nitrogens with two attached hydrogens (primary N) is 1. The molecule has 1 rings (SSSR count). The fraction of sp³-hybridized carbons (Fsp3) is 0.667. The molecule has 0 atom stereocenters. The average Bonchev–Trinajstić information content (AvgIpc) is 2.37. The standard InChI is InChI=1S/C6H11BrN4O3S/c7-5-9-6(8)10-11(5)3-1-2-4-15(12,13)14/h1-4H2,(H2,8,10)(H,12,13,14). The van der Waals surface area contributed by atoms with Gasteiger partial charge < -0.3 is 5.73 Å². The van der Waals surface area contributed by atoms with Gasteiger partial charge in [-0.3, -0.25) is 4.55 Å². The molecule has 0 aromatic carbocycles. The molecule has 1 aromatic heterocycles. The molecular formula is C6H11BrN4O3S. The van der Waals surface area contributed by atoms with Gasteiger partial charge in [0.2, 0.25) is 5.95 Å². The number of halogens is 1. The van der Waals surface area contributed by atoms with E-state index in [0.29, 0.717) is 24.1 Å². The molecule has 3 N–H and O–H groups in total. The van der Waals surface area contributed by atoms with Crippen LogP contribution in [0.1, 0.15) is 12.8 Å². The maximum absolute atomic E-state index is 10.4. The van der Waals surface area contributed by atoms with E-state index in [1.165, 1.54) is 4.68 Å². The molecule has 9 heteroatoms. The first-order chi connectivity index (χ1) is 6.88. The minimum atomic E-state index is -3.87. The lowest BCUT2D eigenvalue weighted by atomic mass is 10.3. The van der Waals surface area contributed by atoms with Gasteiger partial charge in [0.15, 0.2) is 4.73 Å². The van der Waals surface area contributed by atoms with Gasteiger partial charge in [0.1, 0.15) is 0 Å². The van der Waals surface area contributed by atoms with Crippen molar-refractivity contribution in [2.24, 2.45) is 0 Å². The summed E-state index contributed by atoms with van der Waals surface area (Å²) in [4.78, 5) is 3.82. The third-order valence-corrected chi connectivity index (χ3v) is 3.06. The van der Waals surface area contributed by atoms with Crippen molar-refractivity contribution in [3.8, 4) is 0 Å². The van der Waals surface area contributed by atoms with E-state index >= 15 is 0 Å². The molecule has 0 spiro atoms. The summed E-state index contributed by atoms with van der Waals surface area (Å²) in [5.74, 6) is -0.0777. The fourth-order valence-corrected chi connectivity index (χ4v) is 2.04. The highest BCUT2D eigenvalue weighted by Crippen LogP contribution is 2.09. The molecular weight excluding hydrogens is 288 g/mol. The van der Waals surface area contributed by atoms with Crippen molar-refractivity contribution in [3.05, 3.63) is 4.73 Å². The van der Waals surface area contributed by atoms with Gasteiger partial charge in [-0.15, -0.1) is 5.10 Å². The Morgan fingerprint density at radius 3 is 2.60 bits per heavy atom. The third kappa shape index (κ3) is 4.58. The normalized spacial score (nSPS) is 11.9. The van der Waals surface area contributed by atoms with Crippen molar-refractivity contribution >= 4 is 32.0 Å². The molecule has 0 amide bonds. The molecule has 15 heavy (non-hydrogen) atoms. The summed E-state index contributed by atoms with van der Waals surface area (Å²) in [5, 5.41) is 3.87. The highest BCUT2D eigenvalue weighted by Gasteiger charge is 2.06. The van der Waals surface area contributed by atoms with Crippen LogP contribution in [0.25, 0.3) is 0 Å². The number of aryl methyl sites for hydroxylation is 1. The zero-order chi connectivity index (χ0) is 11.5. The topological polar surface area (TPSA) is 111 Å². The molecule has 1 aromatic rings. The van der Waals surface area contributed by atoms with Crippen LogP contribution in [0.15, 0.2) is 4.73 Å². The van der Waals surface area contributed by atoms with E-state index in [9.17, 15) is 8.42 Å². The van der Waals surface area contributed by atoms with Gasteiger partial charge in [0, 0.05) is 6.54 Å². The second-order valence-electron chi connectivity index (χ2n) is 2.96. The zero-order valence-corrected chi connectivity index (χ0v) is 10.2. The van der Waals surface area contributed by atoms with E-state index in [1.54, 1.807) is 0 Å². The summed E-state index contributed by atoms with van der Waals surface area (Å²) in [7, 11) is -3.87. The van der Waals surface area contributed by atoms with E-state index in [0.717, 1.165) is 0 Å². The minimum absolute atomic E-state index is 0.164. The quantitative estimate of drug-likeness (QED) is 0.597. The molecule has 0 aliphatic rings. The van der Waals surface area contributed by atoms with E-state index in [2.05, 4.69) is 26.0 Å². The Bertz CT molecular complexity index is 430. The summed E-state index contributed by atoms with van der Waals surface area (Å²) in [6, 6.07) is 0. The number of hydrogen-bond acceptors (Lipinski definition) is 5. The van der Waals surface area contributed by atoms with Crippen LogP contribution in [0.4, 0.5) is 5.95 Å². The van der Waals surface area contributed by atoms with Crippen molar-refractivity contribution in [3.63, 3.8) is 0 Å². The first-order valence-electron chi connectivity index (χ1n) is 4.19. The molecule has 0 radical (unpaired) electrons. The molecule has 1 heterocycles. The summed E-state index contributed by atoms with van der Waals surface area (Å²) in [5.41, 5.74) is 5.34. The second kappa shape index (κ2) is 4.90. The molecule has 86 valence electrons. The Hall–Kier alpha value is -0.670. The summed E-state index contributed by atoms with van der Waals surface area (Å²) in [6.07, 6.45) is 0.937. The Morgan fingerprint density at radius 2 is 2.13 bits per heavy atom. The van der Waals surface area contributed by atoms with Gasteiger partial charge in [-0.2, -0.15) is 13.4 Å². The third-order valence-electron chi connectivity index (χ3n) is 1.67. The minimum Gasteiger partial charge on any atom is -0.366 e. The van der Waals surface area contributed by atoms with Crippen LogP contribution in [-0.2, 0) is 16.7 Å². The Balaban J connectivity index is 2.35. The fourth-order valence-electron chi connectivity index (χ4n) is 1.03. The number of unbranched alkanes of at least 4 members (excludes halogenated alkanes) is 1. The number of aromatic nitrogens is 3. The van der Waals surface area contributed by atoms with Gasteiger partial charge in [-0.05, 0) is 28.8 Å². The molecule has 0 bridgehead atoms. The van der Waals surface area contributed by atoms with Crippen LogP contribution in [0, 0.1) is 0 Å². The first-order valence-corrected chi connectivity index (χ1v) is 6.60. The smallest absolute Gasteiger partial charge is 0.264 e. The highest BCUT2D eigenvalue weighted by molar-refractivity contribution is 9.10. The van der Waals surface area contributed by atoms with Gasteiger partial charge in [-0.1, -0.05) is 0 Å². The van der Waals surface area contributed by atoms with Crippen molar-refractivity contribution < 1.29 is 13.0 Å². The molecule has 0 aliphatic heterocycles. The van der Waals surface area contributed by atoms with Gasteiger partial charge >= 0.3 is 0 Å². The van der Waals surface area contributed by atoms with Crippen LogP contribution in [-0.4, -0.2) is 33.5 Å². The van der Waals surface area contributed by atoms with Gasteiger partial charge in [-0.25, -0.2) is 4.68 Å². The lowest BCUT2D eigenvalue weighted by Gasteiger charge is -2.00. The van der Waals surface area contributed by atoms with E-state index < -0.39 is 10.1 Å². The predicted molar refractivity (Wildman–Crippen MR) is 57.8 cm³/mol. The summed E-state index contributed by atoms with van der Waals surface area (Å²) >= 11 is 3.15. The van der Waals surface area contributed by atoms with Crippen molar-refractivity contribution in [1.82, 2.24) is 14.8 Å². The number of nitrogen functional groups attached to an aromatic ring is 1. The van der Waals surface area contributed by atoms with Crippen molar-refractivity contribution in [2.75, 3.05) is 11.5 Å². The predicted octanol–water partition coefficient (Wildman–Crippen LogP) is 0.291. The number of rotatable bonds is 5. The van der Waals surface area contributed by atoms with Crippen LogP contribution in [0.2, 0.25) is 0 Å². The second-order valence-corrected chi connectivity index (χ2v) is 5.24.